The van der Waals surface area contributed by atoms with E-state index in [0.717, 1.165) is 6.07 Å². The van der Waals surface area contributed by atoms with Crippen LogP contribution >= 0.6 is 11.6 Å². The summed E-state index contributed by atoms with van der Waals surface area (Å²) in [5, 5.41) is 0. The molecule has 0 unspecified atom stereocenters. The molecule has 82 valence electrons. The van der Waals surface area contributed by atoms with E-state index in [-0.39, 0.29) is 6.07 Å². The Hall–Kier alpha value is -1.10. The number of halogens is 5. The zero-order valence-corrected chi connectivity index (χ0v) is 7.99. The summed E-state index contributed by atoms with van der Waals surface area (Å²) in [5.41, 5.74) is -1.57. The lowest BCUT2D eigenvalue weighted by molar-refractivity contribution is -0.137. The second-order valence-electron chi connectivity index (χ2n) is 2.75. The van der Waals surface area contributed by atoms with Crippen molar-refractivity contribution in [2.75, 3.05) is 5.88 Å². The fraction of sp³-hybridized carbons (Fsp3) is 0.222. The number of carbonyl (C=O) groups is 1. The lowest BCUT2D eigenvalue weighted by Gasteiger charge is -2.07. The number of carbonyl (C=O) groups excluding carboxylic acids is 1. The lowest BCUT2D eigenvalue weighted by atomic mass is 10.1. The molecule has 1 nitrogen and oxygen atoms in total. The van der Waals surface area contributed by atoms with Crippen LogP contribution in [0.5, 0.6) is 0 Å². The maximum atomic E-state index is 13.0. The predicted octanol–water partition coefficient (Wildman–Crippen LogP) is 3.27. The highest BCUT2D eigenvalue weighted by molar-refractivity contribution is 6.30. The molecule has 0 aliphatic heterocycles. The third kappa shape index (κ3) is 2.68. The standard InChI is InChI=1S/C9H5ClF4O/c10-4-8(15)6-2-1-5(3-7(6)11)9(12,13)14/h1-3H,4H2. The van der Waals surface area contributed by atoms with Gasteiger partial charge in [-0.2, -0.15) is 13.2 Å². The fourth-order valence-electron chi connectivity index (χ4n) is 0.990. The van der Waals surface area contributed by atoms with E-state index in [4.69, 9.17) is 11.6 Å². The first-order valence-electron chi connectivity index (χ1n) is 3.82. The second kappa shape index (κ2) is 4.18. The second-order valence-corrected chi connectivity index (χ2v) is 3.02. The fourth-order valence-corrected chi connectivity index (χ4v) is 1.13. The molecule has 0 heterocycles. The number of alkyl halides is 4. The van der Waals surface area contributed by atoms with Gasteiger partial charge in [0, 0.05) is 0 Å². The largest absolute Gasteiger partial charge is 0.416 e. The Bertz CT molecular complexity index is 386. The van der Waals surface area contributed by atoms with E-state index in [1.807, 2.05) is 0 Å². The van der Waals surface area contributed by atoms with E-state index < -0.39 is 34.8 Å². The van der Waals surface area contributed by atoms with E-state index >= 15 is 0 Å². The average Bonchev–Trinajstić information content (AvgIpc) is 2.15. The van der Waals surface area contributed by atoms with E-state index in [9.17, 15) is 22.4 Å². The summed E-state index contributed by atoms with van der Waals surface area (Å²) in [4.78, 5) is 10.9. The molecule has 0 amide bonds. The molecule has 0 fully saturated rings. The zero-order chi connectivity index (χ0) is 11.6. The molecular weight excluding hydrogens is 236 g/mol. The molecule has 0 aliphatic carbocycles. The van der Waals surface area contributed by atoms with Crippen molar-refractivity contribution in [2.45, 2.75) is 6.18 Å². The van der Waals surface area contributed by atoms with E-state index in [2.05, 4.69) is 0 Å². The quantitative estimate of drug-likeness (QED) is 0.441. The van der Waals surface area contributed by atoms with Gasteiger partial charge in [-0.3, -0.25) is 4.79 Å². The van der Waals surface area contributed by atoms with Gasteiger partial charge < -0.3 is 0 Å². The summed E-state index contributed by atoms with van der Waals surface area (Å²) in [6.07, 6.45) is -4.62. The van der Waals surface area contributed by atoms with Gasteiger partial charge >= 0.3 is 6.18 Å². The molecule has 0 aliphatic rings. The number of Topliss-reactive ketones (excluding diaryl/α,β-unsaturated/α-hetero) is 1. The highest BCUT2D eigenvalue weighted by Crippen LogP contribution is 2.30. The molecule has 0 saturated carbocycles. The Kier molecular flexibility index (Phi) is 3.34. The van der Waals surface area contributed by atoms with E-state index in [1.54, 1.807) is 0 Å². The van der Waals surface area contributed by atoms with Crippen molar-refractivity contribution in [3.8, 4) is 0 Å². The minimum absolute atomic E-state index is 0.278. The highest BCUT2D eigenvalue weighted by Gasteiger charge is 2.31. The van der Waals surface area contributed by atoms with Gasteiger partial charge in [0.2, 0.25) is 0 Å². The molecule has 0 atom stereocenters. The van der Waals surface area contributed by atoms with Crippen LogP contribution in [0.15, 0.2) is 18.2 Å². The summed E-state index contributed by atoms with van der Waals surface area (Å²) in [7, 11) is 0. The van der Waals surface area contributed by atoms with Crippen molar-refractivity contribution in [1.82, 2.24) is 0 Å². The van der Waals surface area contributed by atoms with Gasteiger partial charge in [0.1, 0.15) is 5.82 Å². The SMILES string of the molecule is O=C(CCl)c1ccc(C(F)(F)F)cc1F. The summed E-state index contributed by atoms with van der Waals surface area (Å²) < 4.78 is 49.4. The number of hydrogen-bond acceptors (Lipinski definition) is 1. The van der Waals surface area contributed by atoms with Crippen molar-refractivity contribution in [2.24, 2.45) is 0 Å². The Morgan fingerprint density at radius 1 is 1.33 bits per heavy atom. The van der Waals surface area contributed by atoms with Gasteiger partial charge in [0.15, 0.2) is 5.78 Å². The average molecular weight is 241 g/mol. The normalized spacial score (nSPS) is 11.5. The molecule has 0 aromatic heterocycles. The summed E-state index contributed by atoms with van der Waals surface area (Å²) in [6, 6.07) is 1.70. The molecule has 0 radical (unpaired) electrons. The van der Waals surface area contributed by atoms with Crippen molar-refractivity contribution in [3.05, 3.63) is 35.1 Å². The Morgan fingerprint density at radius 3 is 2.33 bits per heavy atom. The topological polar surface area (TPSA) is 17.1 Å². The molecule has 1 rings (SSSR count). The maximum Gasteiger partial charge on any atom is 0.416 e. The highest BCUT2D eigenvalue weighted by atomic mass is 35.5. The van der Waals surface area contributed by atoms with Crippen molar-refractivity contribution < 1.29 is 22.4 Å². The van der Waals surface area contributed by atoms with Crippen LogP contribution in [0.25, 0.3) is 0 Å². The summed E-state index contributed by atoms with van der Waals surface area (Å²) >= 11 is 5.15. The van der Waals surface area contributed by atoms with Gasteiger partial charge in [-0.1, -0.05) is 0 Å². The molecule has 0 saturated heterocycles. The van der Waals surface area contributed by atoms with Gasteiger partial charge in [-0.15, -0.1) is 11.6 Å². The molecule has 1 aromatic rings. The molecule has 1 aromatic carbocycles. The molecular formula is C9H5ClF4O. The van der Waals surface area contributed by atoms with Crippen molar-refractivity contribution in [1.29, 1.82) is 0 Å². The van der Waals surface area contributed by atoms with Crippen LogP contribution in [-0.2, 0) is 6.18 Å². The predicted molar refractivity (Wildman–Crippen MR) is 46.5 cm³/mol. The van der Waals surface area contributed by atoms with Gasteiger partial charge in [0.25, 0.3) is 0 Å². The lowest BCUT2D eigenvalue weighted by Crippen LogP contribution is -2.09. The Morgan fingerprint density at radius 2 is 1.93 bits per heavy atom. The number of ketones is 1. The van der Waals surface area contributed by atoms with E-state index in [1.165, 1.54) is 0 Å². The van der Waals surface area contributed by atoms with Crippen LogP contribution < -0.4 is 0 Å². The van der Waals surface area contributed by atoms with Crippen LogP contribution in [0.4, 0.5) is 17.6 Å². The Labute approximate surface area is 87.7 Å². The molecule has 0 spiro atoms. The third-order valence-electron chi connectivity index (χ3n) is 1.72. The molecule has 6 heteroatoms. The zero-order valence-electron chi connectivity index (χ0n) is 7.24. The summed E-state index contributed by atoms with van der Waals surface area (Å²) in [5.74, 6) is -2.43. The van der Waals surface area contributed by atoms with Crippen molar-refractivity contribution >= 4 is 17.4 Å². The molecule has 0 N–H and O–H groups in total. The van der Waals surface area contributed by atoms with E-state index in [0.29, 0.717) is 6.07 Å². The third-order valence-corrected chi connectivity index (χ3v) is 1.96. The maximum absolute atomic E-state index is 13.0. The van der Waals surface area contributed by atoms with Gasteiger partial charge in [-0.05, 0) is 18.2 Å². The number of hydrogen-bond donors (Lipinski definition) is 0. The van der Waals surface area contributed by atoms with Crippen LogP contribution in [0.1, 0.15) is 15.9 Å². The smallest absolute Gasteiger partial charge is 0.293 e. The van der Waals surface area contributed by atoms with Gasteiger partial charge in [-0.25, -0.2) is 4.39 Å². The first kappa shape index (κ1) is 12.0. The Balaban J connectivity index is 3.15. The number of rotatable bonds is 2. The molecule has 15 heavy (non-hydrogen) atoms. The van der Waals surface area contributed by atoms with Crippen LogP contribution in [0.2, 0.25) is 0 Å². The van der Waals surface area contributed by atoms with Crippen molar-refractivity contribution in [3.63, 3.8) is 0 Å². The summed E-state index contributed by atoms with van der Waals surface area (Å²) in [6.45, 7) is 0. The van der Waals surface area contributed by atoms with Crippen LogP contribution in [0.3, 0.4) is 0 Å². The monoisotopic (exact) mass is 240 g/mol. The minimum atomic E-state index is -4.62. The van der Waals surface area contributed by atoms with Crippen LogP contribution in [-0.4, -0.2) is 11.7 Å². The molecule has 0 bridgehead atoms. The first-order valence-corrected chi connectivity index (χ1v) is 4.35. The van der Waals surface area contributed by atoms with Gasteiger partial charge in [0.05, 0.1) is 17.0 Å². The van der Waals surface area contributed by atoms with Crippen LogP contribution in [0, 0.1) is 5.82 Å². The minimum Gasteiger partial charge on any atom is -0.293 e. The number of benzene rings is 1. The first-order chi connectivity index (χ1) is 6.86.